The van der Waals surface area contributed by atoms with Gasteiger partial charge in [0.25, 0.3) is 0 Å². The Balaban J connectivity index is 1.83. The van der Waals surface area contributed by atoms with E-state index in [0.717, 1.165) is 26.7 Å². The summed E-state index contributed by atoms with van der Waals surface area (Å²) < 4.78 is 2.08. The van der Waals surface area contributed by atoms with Crippen LogP contribution in [0.15, 0.2) is 50.3 Å². The van der Waals surface area contributed by atoms with E-state index in [1.807, 2.05) is 12.4 Å². The summed E-state index contributed by atoms with van der Waals surface area (Å²) in [7, 11) is 0. The Bertz CT molecular complexity index is 942. The molecule has 3 heterocycles. The van der Waals surface area contributed by atoms with Crippen molar-refractivity contribution in [3.8, 4) is 0 Å². The van der Waals surface area contributed by atoms with E-state index in [9.17, 15) is 4.79 Å². The van der Waals surface area contributed by atoms with Gasteiger partial charge in [-0.2, -0.15) is 0 Å². The Hall–Kier alpha value is -1.66. The molecule has 1 amide bonds. The summed E-state index contributed by atoms with van der Waals surface area (Å²) >= 11 is 7.21. The van der Waals surface area contributed by atoms with Crippen LogP contribution in [0.4, 0.5) is 11.4 Å². The van der Waals surface area contributed by atoms with E-state index in [2.05, 4.69) is 72.4 Å². The first kappa shape index (κ1) is 15.6. The monoisotopic (exact) mass is 459 g/mol. The zero-order valence-corrected chi connectivity index (χ0v) is 16.5. The molecular weight excluding hydrogens is 446 g/mol. The van der Waals surface area contributed by atoms with Crippen molar-refractivity contribution in [2.24, 2.45) is 4.99 Å². The van der Waals surface area contributed by atoms with Crippen molar-refractivity contribution in [3.05, 3.63) is 56.5 Å². The topological polar surface area (TPSA) is 44.7 Å². The highest BCUT2D eigenvalue weighted by Gasteiger charge is 2.55. The lowest BCUT2D eigenvalue weighted by molar-refractivity contribution is -0.121. The number of fused-ring (bicyclic) bond motifs is 4. The van der Waals surface area contributed by atoms with E-state index < -0.39 is 0 Å². The minimum atomic E-state index is -0.275. The number of carbonyl (C=O) groups is 1. The molecule has 25 heavy (non-hydrogen) atoms. The summed E-state index contributed by atoms with van der Waals surface area (Å²) in [5.41, 5.74) is 4.27. The summed E-state index contributed by atoms with van der Waals surface area (Å²) in [5.74, 6) is 0.219. The Morgan fingerprint density at radius 1 is 1.16 bits per heavy atom. The number of rotatable bonds is 0. The van der Waals surface area contributed by atoms with Gasteiger partial charge < -0.3 is 10.2 Å². The molecule has 0 radical (unpaired) electrons. The van der Waals surface area contributed by atoms with Crippen LogP contribution < -0.4 is 10.2 Å². The molecule has 0 aliphatic carbocycles. The van der Waals surface area contributed by atoms with Gasteiger partial charge in [0.15, 0.2) is 0 Å². The first-order valence-electron chi connectivity index (χ1n) is 8.29. The second-order valence-corrected chi connectivity index (χ2v) is 8.59. The first-order valence-corrected chi connectivity index (χ1v) is 9.88. The molecule has 1 saturated heterocycles. The van der Waals surface area contributed by atoms with Crippen molar-refractivity contribution in [2.75, 3.05) is 11.4 Å². The molecule has 4 nitrogen and oxygen atoms in total. The van der Waals surface area contributed by atoms with Gasteiger partial charge in [0.1, 0.15) is 0 Å². The van der Waals surface area contributed by atoms with E-state index in [1.165, 1.54) is 11.1 Å². The lowest BCUT2D eigenvalue weighted by atomic mass is 9.72. The van der Waals surface area contributed by atoms with Crippen LogP contribution in [0.25, 0.3) is 0 Å². The van der Waals surface area contributed by atoms with Gasteiger partial charge in [0.2, 0.25) is 5.91 Å². The van der Waals surface area contributed by atoms with E-state index >= 15 is 0 Å². The maximum Gasteiger partial charge on any atom is 0.220 e. The van der Waals surface area contributed by atoms with Crippen LogP contribution in [0.1, 0.15) is 29.9 Å². The Labute approximate surface area is 162 Å². The summed E-state index contributed by atoms with van der Waals surface area (Å²) in [5, 5.41) is 3.06. The van der Waals surface area contributed by atoms with Crippen LogP contribution in [0.5, 0.6) is 0 Å². The molecule has 2 aromatic rings. The minimum Gasteiger partial charge on any atom is -0.356 e. The molecule has 0 unspecified atom stereocenters. The summed E-state index contributed by atoms with van der Waals surface area (Å²) in [6, 6.07) is 12.6. The lowest BCUT2D eigenvalue weighted by Gasteiger charge is -2.44. The molecule has 0 aromatic heterocycles. The number of carbonyl (C=O) groups excluding carboxylic acids is 1. The second kappa shape index (κ2) is 5.42. The fraction of sp³-hybridized carbons (Fsp3) is 0.263. The molecule has 3 aliphatic rings. The molecular formula is C19H15Br2N3O. The average Bonchev–Trinajstić information content (AvgIpc) is 2.73. The number of nitrogens with zero attached hydrogens (tertiary/aromatic N) is 2. The maximum absolute atomic E-state index is 12.4. The summed E-state index contributed by atoms with van der Waals surface area (Å²) in [4.78, 5) is 19.4. The smallest absolute Gasteiger partial charge is 0.220 e. The zero-order chi connectivity index (χ0) is 17.2. The molecule has 2 aromatic carbocycles. The minimum absolute atomic E-state index is 0.0994. The predicted octanol–water partition coefficient (Wildman–Crippen LogP) is 4.59. The summed E-state index contributed by atoms with van der Waals surface area (Å²) in [6.07, 6.45) is 3.28. The van der Waals surface area contributed by atoms with Crippen LogP contribution in [0, 0.1) is 0 Å². The fourth-order valence-corrected chi connectivity index (χ4v) is 5.33. The largest absolute Gasteiger partial charge is 0.356 e. The van der Waals surface area contributed by atoms with Gasteiger partial charge in [-0.3, -0.25) is 4.79 Å². The number of hydrogen-bond donors (Lipinski definition) is 1. The van der Waals surface area contributed by atoms with Gasteiger partial charge in [-0.25, -0.2) is 4.99 Å². The van der Waals surface area contributed by atoms with Gasteiger partial charge in [0, 0.05) is 39.1 Å². The van der Waals surface area contributed by atoms with Crippen molar-refractivity contribution in [1.82, 2.24) is 5.32 Å². The summed E-state index contributed by atoms with van der Waals surface area (Å²) in [6.45, 7) is 0.667. The number of halogens is 2. The number of nitrogens with one attached hydrogen (secondary N) is 1. The highest BCUT2D eigenvalue weighted by atomic mass is 79.9. The lowest BCUT2D eigenvalue weighted by Crippen LogP contribution is -2.47. The molecule has 1 fully saturated rings. The van der Waals surface area contributed by atoms with Crippen LogP contribution in [-0.4, -0.2) is 18.8 Å². The van der Waals surface area contributed by atoms with E-state index in [-0.39, 0.29) is 17.4 Å². The third-order valence-electron chi connectivity index (χ3n) is 5.59. The molecule has 2 atom stereocenters. The Morgan fingerprint density at radius 2 is 1.96 bits per heavy atom. The number of anilines is 1. The van der Waals surface area contributed by atoms with E-state index in [1.54, 1.807) is 0 Å². The first-order chi connectivity index (χ1) is 12.1. The van der Waals surface area contributed by atoms with Crippen molar-refractivity contribution in [2.45, 2.75) is 24.3 Å². The molecule has 0 bridgehead atoms. The van der Waals surface area contributed by atoms with Crippen molar-refractivity contribution < 1.29 is 4.79 Å². The van der Waals surface area contributed by atoms with Crippen molar-refractivity contribution in [3.63, 3.8) is 0 Å². The molecule has 0 saturated carbocycles. The third kappa shape index (κ3) is 2.10. The van der Waals surface area contributed by atoms with Crippen molar-refractivity contribution in [1.29, 1.82) is 0 Å². The van der Waals surface area contributed by atoms with Crippen LogP contribution in [0.3, 0.4) is 0 Å². The molecule has 6 heteroatoms. The molecule has 1 N–H and O–H groups in total. The standard InChI is InChI=1S/C19H15Br2N3O/c20-11-2-4-17-13(7-11)14-9-18(25)22-6-5-19(14)15-8-12(21)1-3-16(15)23-10-24(17)19/h1-4,7-8,10,14H,5-6,9H2,(H,22,25)/t14-,19-/m1/s1. The van der Waals surface area contributed by atoms with E-state index in [0.29, 0.717) is 13.0 Å². The van der Waals surface area contributed by atoms with E-state index in [4.69, 9.17) is 4.99 Å². The molecule has 1 spiro atoms. The number of benzene rings is 2. The van der Waals surface area contributed by atoms with Crippen LogP contribution in [0.2, 0.25) is 0 Å². The molecule has 3 aliphatic heterocycles. The molecule has 5 rings (SSSR count). The Kier molecular flexibility index (Phi) is 3.38. The third-order valence-corrected chi connectivity index (χ3v) is 6.57. The van der Waals surface area contributed by atoms with Crippen molar-refractivity contribution >= 4 is 55.5 Å². The highest BCUT2D eigenvalue weighted by Crippen LogP contribution is 2.60. The fourth-order valence-electron chi connectivity index (χ4n) is 4.59. The quantitative estimate of drug-likeness (QED) is 0.624. The normalized spacial score (nSPS) is 26.2. The SMILES string of the molecule is O=C1C[C@@H]2c3cc(Br)ccc3N3C=Nc4ccc(Br)cc4[C@@]23CCN1. The Morgan fingerprint density at radius 3 is 2.84 bits per heavy atom. The van der Waals surface area contributed by atoms with Gasteiger partial charge in [-0.15, -0.1) is 0 Å². The predicted molar refractivity (Wildman–Crippen MR) is 106 cm³/mol. The number of amides is 1. The van der Waals surface area contributed by atoms with Gasteiger partial charge >= 0.3 is 0 Å². The average molecular weight is 461 g/mol. The van der Waals surface area contributed by atoms with Gasteiger partial charge in [-0.1, -0.05) is 31.9 Å². The van der Waals surface area contributed by atoms with Gasteiger partial charge in [0.05, 0.1) is 17.6 Å². The molecule has 126 valence electrons. The van der Waals surface area contributed by atoms with Crippen LogP contribution >= 0.6 is 31.9 Å². The van der Waals surface area contributed by atoms with Crippen LogP contribution in [-0.2, 0) is 10.3 Å². The number of aliphatic imine (C=N–C) groups is 1. The number of hydrogen-bond acceptors (Lipinski definition) is 3. The zero-order valence-electron chi connectivity index (χ0n) is 13.3. The second-order valence-electron chi connectivity index (χ2n) is 6.76. The maximum atomic E-state index is 12.4. The highest BCUT2D eigenvalue weighted by molar-refractivity contribution is 9.10. The van der Waals surface area contributed by atoms with Gasteiger partial charge in [-0.05, 0) is 48.4 Å².